The van der Waals surface area contributed by atoms with Gasteiger partial charge in [-0.1, -0.05) is 15.9 Å². The van der Waals surface area contributed by atoms with Gasteiger partial charge in [0.25, 0.3) is 0 Å². The van der Waals surface area contributed by atoms with Gasteiger partial charge in [-0.15, -0.1) is 0 Å². The van der Waals surface area contributed by atoms with Crippen LogP contribution < -0.4 is 5.73 Å². The van der Waals surface area contributed by atoms with Gasteiger partial charge in [0.15, 0.2) is 0 Å². The third-order valence-corrected chi connectivity index (χ3v) is 2.04. The Morgan fingerprint density at radius 3 is 2.12 bits per heavy atom. The van der Waals surface area contributed by atoms with E-state index in [4.69, 9.17) is 10.5 Å². The number of halogens is 1. The first-order chi connectivity index (χ1) is 7.08. The van der Waals surface area contributed by atoms with Crippen LogP contribution in [-0.4, -0.2) is 28.6 Å². The molecule has 0 fully saturated rings. The summed E-state index contributed by atoms with van der Waals surface area (Å²) in [5.41, 5.74) is 3.78. The number of carbonyl (C=O) groups is 2. The fourth-order valence-electron chi connectivity index (χ4n) is 0.761. The molecule has 6 heteroatoms. The summed E-state index contributed by atoms with van der Waals surface area (Å²) < 4.78 is 9.33. The van der Waals surface area contributed by atoms with Crippen molar-refractivity contribution in [1.82, 2.24) is 0 Å². The van der Waals surface area contributed by atoms with Gasteiger partial charge in [-0.3, -0.25) is 0 Å². The van der Waals surface area contributed by atoms with E-state index in [0.29, 0.717) is 11.8 Å². The third-order valence-electron chi connectivity index (χ3n) is 1.65. The average Bonchev–Trinajstić information content (AvgIpc) is 1.99. The SMILES string of the molecule is CC(C)(C)OC(=O)OC(=O)C(C)(N)CCBr. The summed E-state index contributed by atoms with van der Waals surface area (Å²) in [5.74, 6) is -0.791. The molecule has 0 heterocycles. The Balaban J connectivity index is 4.30. The zero-order valence-electron chi connectivity index (χ0n) is 10.0. The van der Waals surface area contributed by atoms with Crippen LogP contribution in [0.4, 0.5) is 4.79 Å². The van der Waals surface area contributed by atoms with Gasteiger partial charge in [0, 0.05) is 5.33 Å². The molecular formula is C10H18BrNO4. The predicted molar refractivity (Wildman–Crippen MR) is 63.3 cm³/mol. The zero-order chi connectivity index (χ0) is 13.0. The molecule has 0 aliphatic carbocycles. The first kappa shape index (κ1) is 15.4. The highest BCUT2D eigenvalue weighted by Crippen LogP contribution is 2.13. The lowest BCUT2D eigenvalue weighted by atomic mass is 10.0. The van der Waals surface area contributed by atoms with Crippen molar-refractivity contribution in [2.24, 2.45) is 5.73 Å². The van der Waals surface area contributed by atoms with Gasteiger partial charge in [-0.25, -0.2) is 9.59 Å². The predicted octanol–water partition coefficient (Wildman–Crippen LogP) is 1.97. The summed E-state index contributed by atoms with van der Waals surface area (Å²) in [5, 5.41) is 0.545. The van der Waals surface area contributed by atoms with Crippen LogP contribution in [0.3, 0.4) is 0 Å². The van der Waals surface area contributed by atoms with E-state index in [0.717, 1.165) is 0 Å². The van der Waals surface area contributed by atoms with Crippen molar-refractivity contribution in [3.05, 3.63) is 0 Å². The van der Waals surface area contributed by atoms with E-state index in [9.17, 15) is 9.59 Å². The van der Waals surface area contributed by atoms with E-state index in [1.54, 1.807) is 20.8 Å². The van der Waals surface area contributed by atoms with Crippen LogP contribution in [0.1, 0.15) is 34.1 Å². The Kier molecular flexibility index (Phi) is 5.41. The highest BCUT2D eigenvalue weighted by atomic mass is 79.9. The number of ether oxygens (including phenoxy) is 2. The van der Waals surface area contributed by atoms with Gasteiger partial charge in [0.2, 0.25) is 0 Å². The maximum atomic E-state index is 11.5. The molecule has 5 nitrogen and oxygen atoms in total. The van der Waals surface area contributed by atoms with Crippen LogP contribution in [0.25, 0.3) is 0 Å². The van der Waals surface area contributed by atoms with E-state index in [1.807, 2.05) is 0 Å². The topological polar surface area (TPSA) is 78.6 Å². The highest BCUT2D eigenvalue weighted by Gasteiger charge is 2.32. The number of nitrogens with two attached hydrogens (primary N) is 1. The van der Waals surface area contributed by atoms with Gasteiger partial charge in [0.05, 0.1) is 0 Å². The molecule has 0 aliphatic heterocycles. The van der Waals surface area contributed by atoms with Crippen molar-refractivity contribution in [2.75, 3.05) is 5.33 Å². The summed E-state index contributed by atoms with van der Waals surface area (Å²) in [6.45, 7) is 6.54. The van der Waals surface area contributed by atoms with Crippen LogP contribution in [0, 0.1) is 0 Å². The molecule has 94 valence electrons. The minimum Gasteiger partial charge on any atom is -0.428 e. The lowest BCUT2D eigenvalue weighted by Crippen LogP contribution is -2.47. The van der Waals surface area contributed by atoms with E-state index < -0.39 is 23.3 Å². The summed E-state index contributed by atoms with van der Waals surface area (Å²) >= 11 is 3.16. The first-order valence-electron chi connectivity index (χ1n) is 4.88. The summed E-state index contributed by atoms with van der Waals surface area (Å²) in [7, 11) is 0. The molecule has 1 unspecified atom stereocenters. The molecule has 0 bridgehead atoms. The first-order valence-corrected chi connectivity index (χ1v) is 6.01. The number of rotatable bonds is 3. The molecule has 1 atom stereocenters. The number of alkyl halides is 1. The number of hydrogen-bond donors (Lipinski definition) is 1. The number of hydrogen-bond acceptors (Lipinski definition) is 5. The second-order valence-corrected chi connectivity index (χ2v) is 5.50. The van der Waals surface area contributed by atoms with Crippen molar-refractivity contribution in [3.63, 3.8) is 0 Å². The number of carbonyl (C=O) groups excluding carboxylic acids is 2. The second-order valence-electron chi connectivity index (χ2n) is 4.71. The Bertz CT molecular complexity index is 270. The maximum Gasteiger partial charge on any atom is 0.516 e. The van der Waals surface area contributed by atoms with Crippen LogP contribution in [0.2, 0.25) is 0 Å². The van der Waals surface area contributed by atoms with Crippen molar-refractivity contribution >= 4 is 28.1 Å². The molecular weight excluding hydrogens is 278 g/mol. The monoisotopic (exact) mass is 295 g/mol. The number of esters is 1. The van der Waals surface area contributed by atoms with E-state index in [2.05, 4.69) is 20.7 Å². The Labute approximate surface area is 104 Å². The van der Waals surface area contributed by atoms with E-state index >= 15 is 0 Å². The van der Waals surface area contributed by atoms with Crippen molar-refractivity contribution in [2.45, 2.75) is 45.3 Å². The fourth-order valence-corrected chi connectivity index (χ4v) is 1.59. The molecule has 0 aliphatic rings. The van der Waals surface area contributed by atoms with Crippen LogP contribution in [0.15, 0.2) is 0 Å². The fraction of sp³-hybridized carbons (Fsp3) is 0.800. The van der Waals surface area contributed by atoms with Crippen LogP contribution >= 0.6 is 15.9 Å². The average molecular weight is 296 g/mol. The molecule has 0 spiro atoms. The molecule has 0 radical (unpaired) electrons. The largest absolute Gasteiger partial charge is 0.516 e. The summed E-state index contributed by atoms with van der Waals surface area (Å²) in [4.78, 5) is 22.7. The quantitative estimate of drug-likeness (QED) is 0.489. The molecule has 0 saturated carbocycles. The zero-order valence-corrected chi connectivity index (χ0v) is 11.6. The van der Waals surface area contributed by atoms with Crippen LogP contribution in [0.5, 0.6) is 0 Å². The van der Waals surface area contributed by atoms with Crippen molar-refractivity contribution < 1.29 is 19.1 Å². The Morgan fingerprint density at radius 2 is 1.75 bits per heavy atom. The minimum atomic E-state index is -1.19. The molecule has 0 aromatic rings. The van der Waals surface area contributed by atoms with Crippen molar-refractivity contribution in [3.8, 4) is 0 Å². The Morgan fingerprint density at radius 1 is 1.25 bits per heavy atom. The smallest absolute Gasteiger partial charge is 0.428 e. The van der Waals surface area contributed by atoms with Crippen LogP contribution in [-0.2, 0) is 14.3 Å². The molecule has 2 N–H and O–H groups in total. The van der Waals surface area contributed by atoms with Gasteiger partial charge in [-0.2, -0.15) is 0 Å². The van der Waals surface area contributed by atoms with E-state index in [-0.39, 0.29) is 0 Å². The standard InChI is InChI=1S/C10H18BrNO4/c1-9(2,3)16-8(14)15-7(13)10(4,12)5-6-11/h5-6,12H2,1-4H3. The third kappa shape index (κ3) is 6.07. The molecule has 0 rings (SSSR count). The Hall–Kier alpha value is -0.620. The van der Waals surface area contributed by atoms with E-state index in [1.165, 1.54) is 6.92 Å². The lowest BCUT2D eigenvalue weighted by molar-refractivity contribution is -0.147. The maximum absolute atomic E-state index is 11.5. The highest BCUT2D eigenvalue weighted by molar-refractivity contribution is 9.09. The van der Waals surface area contributed by atoms with Gasteiger partial charge in [-0.05, 0) is 34.1 Å². The summed E-state index contributed by atoms with van der Waals surface area (Å²) in [6.07, 6.45) is -0.655. The van der Waals surface area contributed by atoms with Gasteiger partial charge in [0.1, 0.15) is 11.1 Å². The summed E-state index contributed by atoms with van der Waals surface area (Å²) in [6, 6.07) is 0. The molecule has 0 aromatic heterocycles. The normalized spacial score (nSPS) is 15.1. The molecule has 0 amide bonds. The van der Waals surface area contributed by atoms with Crippen molar-refractivity contribution in [1.29, 1.82) is 0 Å². The van der Waals surface area contributed by atoms with Gasteiger partial charge < -0.3 is 15.2 Å². The van der Waals surface area contributed by atoms with Gasteiger partial charge >= 0.3 is 12.1 Å². The molecule has 0 saturated heterocycles. The molecule has 0 aromatic carbocycles. The lowest BCUT2D eigenvalue weighted by Gasteiger charge is -2.22. The second kappa shape index (κ2) is 5.63. The molecule has 16 heavy (non-hydrogen) atoms. The minimum absolute atomic E-state index is 0.370.